The fourth-order valence-corrected chi connectivity index (χ4v) is 1.92. The molecule has 1 heteroatoms. The normalized spacial score (nSPS) is 10.6. The summed E-state index contributed by atoms with van der Waals surface area (Å²) >= 11 is 0. The van der Waals surface area contributed by atoms with Crippen LogP contribution in [0, 0.1) is 13.8 Å². The van der Waals surface area contributed by atoms with E-state index in [4.69, 9.17) is 0 Å². The minimum absolute atomic E-state index is 1.15. The van der Waals surface area contributed by atoms with Crippen molar-refractivity contribution >= 4 is 0 Å². The topological polar surface area (TPSA) is 12.0 Å². The largest absolute Gasteiger partial charge is 0.320 e. The second-order valence-electron chi connectivity index (χ2n) is 4.34. The molecule has 0 aliphatic carbocycles. The Hall–Kier alpha value is -0.820. The van der Waals surface area contributed by atoms with E-state index in [9.17, 15) is 0 Å². The van der Waals surface area contributed by atoms with Crippen molar-refractivity contribution in [3.8, 4) is 0 Å². The summed E-state index contributed by atoms with van der Waals surface area (Å²) in [5, 5.41) is 3.19. The Morgan fingerprint density at radius 1 is 1.07 bits per heavy atom. The Bertz CT molecular complexity index is 291. The predicted molar refractivity (Wildman–Crippen MR) is 67.4 cm³/mol. The molecule has 1 rings (SSSR count). The Morgan fingerprint density at radius 3 is 2.53 bits per heavy atom. The SMILES string of the molecule is CNCCCCCc1ccc(C)cc1C. The molecule has 0 saturated heterocycles. The highest BCUT2D eigenvalue weighted by Gasteiger charge is 1.98. The molecule has 0 atom stereocenters. The van der Waals surface area contributed by atoms with Gasteiger partial charge in [-0.3, -0.25) is 0 Å². The van der Waals surface area contributed by atoms with Crippen LogP contribution in [-0.2, 0) is 6.42 Å². The molecule has 0 aliphatic rings. The maximum absolute atomic E-state index is 3.19. The van der Waals surface area contributed by atoms with Gasteiger partial charge in [0.2, 0.25) is 0 Å². The van der Waals surface area contributed by atoms with E-state index in [1.807, 2.05) is 7.05 Å². The van der Waals surface area contributed by atoms with Gasteiger partial charge in [0.1, 0.15) is 0 Å². The fraction of sp³-hybridized carbons (Fsp3) is 0.571. The molecule has 0 aromatic heterocycles. The van der Waals surface area contributed by atoms with E-state index in [2.05, 4.69) is 37.4 Å². The van der Waals surface area contributed by atoms with Crippen LogP contribution in [0.25, 0.3) is 0 Å². The minimum atomic E-state index is 1.15. The van der Waals surface area contributed by atoms with Gasteiger partial charge in [-0.25, -0.2) is 0 Å². The number of nitrogens with one attached hydrogen (secondary N) is 1. The Kier molecular flexibility index (Phi) is 5.41. The van der Waals surface area contributed by atoms with Crippen molar-refractivity contribution in [1.29, 1.82) is 0 Å². The molecule has 1 aromatic rings. The van der Waals surface area contributed by atoms with Crippen molar-refractivity contribution in [2.24, 2.45) is 0 Å². The molecule has 0 fully saturated rings. The maximum atomic E-state index is 3.19. The maximum Gasteiger partial charge on any atom is -0.00519 e. The number of hydrogen-bond donors (Lipinski definition) is 1. The van der Waals surface area contributed by atoms with Crippen LogP contribution in [-0.4, -0.2) is 13.6 Å². The number of unbranched alkanes of at least 4 members (excludes halogenated alkanes) is 2. The van der Waals surface area contributed by atoms with Crippen LogP contribution < -0.4 is 5.32 Å². The van der Waals surface area contributed by atoms with Gasteiger partial charge in [-0.15, -0.1) is 0 Å². The molecular formula is C14H23N. The molecule has 1 N–H and O–H groups in total. The lowest BCUT2D eigenvalue weighted by molar-refractivity contribution is 0.641. The molecule has 0 saturated carbocycles. The zero-order valence-corrected chi connectivity index (χ0v) is 10.3. The summed E-state index contributed by atoms with van der Waals surface area (Å²) < 4.78 is 0. The highest BCUT2D eigenvalue weighted by atomic mass is 14.8. The van der Waals surface area contributed by atoms with Gasteiger partial charge in [-0.2, -0.15) is 0 Å². The second-order valence-corrected chi connectivity index (χ2v) is 4.34. The lowest BCUT2D eigenvalue weighted by atomic mass is 10.0. The molecule has 1 nitrogen and oxygen atoms in total. The third-order valence-corrected chi connectivity index (χ3v) is 2.87. The zero-order valence-electron chi connectivity index (χ0n) is 10.3. The van der Waals surface area contributed by atoms with Crippen molar-refractivity contribution in [2.45, 2.75) is 39.5 Å². The standard InChI is InChI=1S/C14H23N/c1-12-8-9-14(13(2)11-12)7-5-4-6-10-15-3/h8-9,11,15H,4-7,10H2,1-3H3. The molecule has 15 heavy (non-hydrogen) atoms. The molecule has 0 aliphatic heterocycles. The van der Waals surface area contributed by atoms with Crippen molar-refractivity contribution in [3.63, 3.8) is 0 Å². The summed E-state index contributed by atoms with van der Waals surface area (Å²) in [6.07, 6.45) is 5.16. The van der Waals surface area contributed by atoms with Crippen LogP contribution in [0.2, 0.25) is 0 Å². The third-order valence-electron chi connectivity index (χ3n) is 2.87. The van der Waals surface area contributed by atoms with Crippen molar-refractivity contribution in [2.75, 3.05) is 13.6 Å². The summed E-state index contributed by atoms with van der Waals surface area (Å²) in [6.45, 7) is 5.52. The number of rotatable bonds is 6. The summed E-state index contributed by atoms with van der Waals surface area (Å²) in [5.74, 6) is 0. The summed E-state index contributed by atoms with van der Waals surface area (Å²) in [7, 11) is 2.02. The summed E-state index contributed by atoms with van der Waals surface area (Å²) in [6, 6.07) is 6.78. The van der Waals surface area contributed by atoms with Gasteiger partial charge in [0, 0.05) is 0 Å². The van der Waals surface area contributed by atoms with Gasteiger partial charge < -0.3 is 5.32 Å². The van der Waals surface area contributed by atoms with Gasteiger partial charge in [0.15, 0.2) is 0 Å². The van der Waals surface area contributed by atoms with Crippen molar-refractivity contribution in [3.05, 3.63) is 34.9 Å². The lowest BCUT2D eigenvalue weighted by Gasteiger charge is -2.06. The smallest absolute Gasteiger partial charge is 0.00519 e. The van der Waals surface area contributed by atoms with Gasteiger partial charge in [0.05, 0.1) is 0 Å². The van der Waals surface area contributed by atoms with Crippen molar-refractivity contribution in [1.82, 2.24) is 5.32 Å². The van der Waals surface area contributed by atoms with Crippen LogP contribution in [0.15, 0.2) is 18.2 Å². The molecule has 0 amide bonds. The summed E-state index contributed by atoms with van der Waals surface area (Å²) in [4.78, 5) is 0. The molecular weight excluding hydrogens is 182 g/mol. The van der Waals surface area contributed by atoms with Gasteiger partial charge in [-0.1, -0.05) is 30.2 Å². The van der Waals surface area contributed by atoms with Crippen LogP contribution in [0.5, 0.6) is 0 Å². The van der Waals surface area contributed by atoms with Crippen LogP contribution >= 0.6 is 0 Å². The molecule has 84 valence electrons. The molecule has 0 radical (unpaired) electrons. The first kappa shape index (κ1) is 12.3. The third kappa shape index (κ3) is 4.48. The zero-order chi connectivity index (χ0) is 11.1. The van der Waals surface area contributed by atoms with E-state index >= 15 is 0 Å². The molecule has 0 unspecified atom stereocenters. The molecule has 1 aromatic carbocycles. The monoisotopic (exact) mass is 205 g/mol. The van der Waals surface area contributed by atoms with Crippen LogP contribution in [0.1, 0.15) is 36.0 Å². The minimum Gasteiger partial charge on any atom is -0.320 e. The Morgan fingerprint density at radius 2 is 1.87 bits per heavy atom. The molecule has 0 spiro atoms. The highest BCUT2D eigenvalue weighted by molar-refractivity contribution is 5.30. The average Bonchev–Trinajstić information content (AvgIpc) is 2.20. The Labute approximate surface area is 93.9 Å². The fourth-order valence-electron chi connectivity index (χ4n) is 1.92. The Balaban J connectivity index is 2.31. The van der Waals surface area contributed by atoms with E-state index in [1.54, 1.807) is 0 Å². The quantitative estimate of drug-likeness (QED) is 0.703. The number of hydrogen-bond acceptors (Lipinski definition) is 1. The first-order valence-electron chi connectivity index (χ1n) is 5.95. The van der Waals surface area contributed by atoms with E-state index in [-0.39, 0.29) is 0 Å². The number of aryl methyl sites for hydroxylation is 3. The predicted octanol–water partition coefficient (Wildman–Crippen LogP) is 3.24. The van der Waals surface area contributed by atoms with Crippen LogP contribution in [0.4, 0.5) is 0 Å². The number of benzene rings is 1. The van der Waals surface area contributed by atoms with E-state index < -0.39 is 0 Å². The lowest BCUT2D eigenvalue weighted by Crippen LogP contribution is -2.07. The first-order valence-corrected chi connectivity index (χ1v) is 5.95. The molecule has 0 heterocycles. The highest BCUT2D eigenvalue weighted by Crippen LogP contribution is 2.13. The average molecular weight is 205 g/mol. The van der Waals surface area contributed by atoms with E-state index in [0.717, 1.165) is 6.54 Å². The van der Waals surface area contributed by atoms with E-state index in [0.29, 0.717) is 0 Å². The van der Waals surface area contributed by atoms with Gasteiger partial charge >= 0.3 is 0 Å². The van der Waals surface area contributed by atoms with Crippen LogP contribution in [0.3, 0.4) is 0 Å². The van der Waals surface area contributed by atoms with Gasteiger partial charge in [0.25, 0.3) is 0 Å². The first-order chi connectivity index (χ1) is 7.24. The van der Waals surface area contributed by atoms with E-state index in [1.165, 1.54) is 42.4 Å². The summed E-state index contributed by atoms with van der Waals surface area (Å²) in [5.41, 5.74) is 4.33. The van der Waals surface area contributed by atoms with Gasteiger partial charge in [-0.05, 0) is 57.8 Å². The second kappa shape index (κ2) is 6.62. The molecule has 0 bridgehead atoms. The van der Waals surface area contributed by atoms with Crippen molar-refractivity contribution < 1.29 is 0 Å².